The summed E-state index contributed by atoms with van der Waals surface area (Å²) < 4.78 is 37.3. The van der Waals surface area contributed by atoms with E-state index in [1.165, 1.54) is 29.6 Å². The van der Waals surface area contributed by atoms with Crippen LogP contribution in [0.3, 0.4) is 0 Å². The average Bonchev–Trinajstić information content (AvgIpc) is 3.48. The third-order valence-corrected chi connectivity index (χ3v) is 7.20. The van der Waals surface area contributed by atoms with Crippen LogP contribution in [-0.2, 0) is 11.2 Å². The molecule has 0 spiro atoms. The predicted octanol–water partition coefficient (Wildman–Crippen LogP) is 3.69. The molecule has 38 heavy (non-hydrogen) atoms. The standard InChI is InChI=1S/C27H31F2N5O4/c1-16(2)38-27(37)32-8-5-19(6-9-32)34-14-22(29)24-23(30-15-31-25(24)34)12-17-3-4-18(11-21(17)28)26(36)33-10-7-20(35)13-33/h3-4,11,14-16,19-20,35H,5-10,12-13H2,1-2H3/t20-/m1/s1. The Morgan fingerprint density at radius 2 is 1.82 bits per heavy atom. The number of halogens is 2. The lowest BCUT2D eigenvalue weighted by Gasteiger charge is -2.32. The zero-order chi connectivity index (χ0) is 27.0. The van der Waals surface area contributed by atoms with Gasteiger partial charge in [0.15, 0.2) is 5.82 Å². The summed E-state index contributed by atoms with van der Waals surface area (Å²) in [5.41, 5.74) is 1.27. The van der Waals surface area contributed by atoms with Crippen LogP contribution in [0, 0.1) is 11.6 Å². The number of carbonyl (C=O) groups is 2. The van der Waals surface area contributed by atoms with Gasteiger partial charge in [-0.25, -0.2) is 23.5 Å². The van der Waals surface area contributed by atoms with Gasteiger partial charge in [-0.2, -0.15) is 0 Å². The summed E-state index contributed by atoms with van der Waals surface area (Å²) in [5, 5.41) is 9.92. The van der Waals surface area contributed by atoms with E-state index in [0.29, 0.717) is 50.2 Å². The first-order valence-electron chi connectivity index (χ1n) is 12.9. The Bertz CT molecular complexity index is 1350. The van der Waals surface area contributed by atoms with E-state index in [1.54, 1.807) is 29.4 Å². The van der Waals surface area contributed by atoms with E-state index >= 15 is 8.78 Å². The Labute approximate surface area is 219 Å². The minimum atomic E-state index is -0.581. The van der Waals surface area contributed by atoms with Gasteiger partial charge in [0.05, 0.1) is 23.3 Å². The molecular weight excluding hydrogens is 496 g/mol. The topological polar surface area (TPSA) is 101 Å². The van der Waals surface area contributed by atoms with Crippen LogP contribution in [0.1, 0.15) is 60.8 Å². The van der Waals surface area contributed by atoms with Crippen molar-refractivity contribution in [3.05, 3.63) is 59.2 Å². The molecule has 202 valence electrons. The molecule has 0 unspecified atom stereocenters. The Hall–Kier alpha value is -3.60. The average molecular weight is 528 g/mol. The van der Waals surface area contributed by atoms with E-state index in [0.717, 1.165) is 0 Å². The molecule has 3 aromatic rings. The molecule has 2 saturated heterocycles. The van der Waals surface area contributed by atoms with Crippen molar-refractivity contribution < 1.29 is 28.2 Å². The zero-order valence-electron chi connectivity index (χ0n) is 21.4. The fourth-order valence-corrected chi connectivity index (χ4v) is 5.23. The molecule has 2 aliphatic heterocycles. The highest BCUT2D eigenvalue weighted by Crippen LogP contribution is 2.31. The molecule has 9 nitrogen and oxygen atoms in total. The number of piperidine rings is 1. The maximum absolute atomic E-state index is 15.2. The highest BCUT2D eigenvalue weighted by atomic mass is 19.1. The summed E-state index contributed by atoms with van der Waals surface area (Å²) >= 11 is 0. The molecule has 0 bridgehead atoms. The molecule has 1 aromatic carbocycles. The number of ether oxygens (including phenoxy) is 1. The van der Waals surface area contributed by atoms with Crippen molar-refractivity contribution in [1.82, 2.24) is 24.3 Å². The zero-order valence-corrected chi connectivity index (χ0v) is 21.4. The van der Waals surface area contributed by atoms with Crippen LogP contribution >= 0.6 is 0 Å². The van der Waals surface area contributed by atoms with Gasteiger partial charge in [0.25, 0.3) is 5.91 Å². The number of amides is 2. The molecule has 0 saturated carbocycles. The van der Waals surface area contributed by atoms with Gasteiger partial charge in [0.1, 0.15) is 17.8 Å². The molecule has 2 amide bonds. The molecule has 4 heterocycles. The van der Waals surface area contributed by atoms with Crippen LogP contribution in [0.2, 0.25) is 0 Å². The number of carbonyl (C=O) groups excluding carboxylic acids is 2. The van der Waals surface area contributed by atoms with Crippen LogP contribution in [0.15, 0.2) is 30.7 Å². The van der Waals surface area contributed by atoms with E-state index in [4.69, 9.17) is 4.74 Å². The summed E-state index contributed by atoms with van der Waals surface area (Å²) in [4.78, 5) is 36.6. The first-order valence-corrected chi connectivity index (χ1v) is 12.9. The Morgan fingerprint density at radius 1 is 1.08 bits per heavy atom. The molecule has 5 rings (SSSR count). The maximum atomic E-state index is 15.2. The van der Waals surface area contributed by atoms with Crippen molar-refractivity contribution in [2.75, 3.05) is 26.2 Å². The van der Waals surface area contributed by atoms with Crippen LogP contribution in [0.4, 0.5) is 13.6 Å². The van der Waals surface area contributed by atoms with E-state index in [-0.39, 0.29) is 53.6 Å². The van der Waals surface area contributed by atoms with Crippen LogP contribution < -0.4 is 0 Å². The Morgan fingerprint density at radius 3 is 2.47 bits per heavy atom. The van der Waals surface area contributed by atoms with Gasteiger partial charge in [0.2, 0.25) is 0 Å². The smallest absolute Gasteiger partial charge is 0.410 e. The summed E-state index contributed by atoms with van der Waals surface area (Å²) in [5.74, 6) is -1.40. The second-order valence-electron chi connectivity index (χ2n) is 10.2. The number of fused-ring (bicyclic) bond motifs is 1. The van der Waals surface area contributed by atoms with Crippen molar-refractivity contribution in [3.63, 3.8) is 0 Å². The van der Waals surface area contributed by atoms with Gasteiger partial charge in [-0.1, -0.05) is 6.07 Å². The highest BCUT2D eigenvalue weighted by molar-refractivity contribution is 5.94. The molecule has 2 aliphatic rings. The van der Waals surface area contributed by atoms with Crippen molar-refractivity contribution in [2.24, 2.45) is 0 Å². The Kier molecular flexibility index (Phi) is 7.29. The number of likely N-dealkylation sites (tertiary alicyclic amines) is 2. The number of hydrogen-bond acceptors (Lipinski definition) is 6. The normalized spacial score (nSPS) is 18.5. The lowest BCUT2D eigenvalue weighted by Crippen LogP contribution is -2.40. The van der Waals surface area contributed by atoms with Gasteiger partial charge in [-0.15, -0.1) is 0 Å². The molecule has 2 aromatic heterocycles. The summed E-state index contributed by atoms with van der Waals surface area (Å²) in [7, 11) is 0. The number of β-amino-alcohol motifs (C(OH)–C–C–N with tert-alkyl or cyclic N) is 1. The number of aromatic nitrogens is 3. The number of aliphatic hydroxyl groups excluding tert-OH is 1. The van der Waals surface area contributed by atoms with E-state index in [9.17, 15) is 14.7 Å². The highest BCUT2D eigenvalue weighted by Gasteiger charge is 2.29. The summed E-state index contributed by atoms with van der Waals surface area (Å²) in [6.07, 6.45) is 3.42. The predicted molar refractivity (Wildman–Crippen MR) is 135 cm³/mol. The summed E-state index contributed by atoms with van der Waals surface area (Å²) in [6.45, 7) is 5.25. The number of nitrogens with zero attached hydrogens (tertiary/aromatic N) is 5. The van der Waals surface area contributed by atoms with Gasteiger partial charge in [-0.05, 0) is 50.8 Å². The van der Waals surface area contributed by atoms with Gasteiger partial charge >= 0.3 is 6.09 Å². The second kappa shape index (κ2) is 10.6. The summed E-state index contributed by atoms with van der Waals surface area (Å²) in [6, 6.07) is 4.19. The van der Waals surface area contributed by atoms with Gasteiger partial charge < -0.3 is 24.2 Å². The minimum absolute atomic E-state index is 0.0299. The van der Waals surface area contributed by atoms with Crippen molar-refractivity contribution in [1.29, 1.82) is 0 Å². The van der Waals surface area contributed by atoms with Crippen LogP contribution in [0.5, 0.6) is 0 Å². The molecule has 0 radical (unpaired) electrons. The monoisotopic (exact) mass is 527 g/mol. The molecular formula is C27H31F2N5O4. The number of rotatable bonds is 5. The lowest BCUT2D eigenvalue weighted by molar-refractivity contribution is 0.0662. The largest absolute Gasteiger partial charge is 0.447 e. The lowest BCUT2D eigenvalue weighted by atomic mass is 10.0. The third kappa shape index (κ3) is 5.20. The van der Waals surface area contributed by atoms with Gasteiger partial charge in [0, 0.05) is 50.4 Å². The SMILES string of the molecule is CC(C)OC(=O)N1CCC(n2cc(F)c3c(Cc4ccc(C(=O)N5CC[C@@H](O)C5)cc4F)ncnc32)CC1. The fourth-order valence-electron chi connectivity index (χ4n) is 5.23. The van der Waals surface area contributed by atoms with Crippen molar-refractivity contribution >= 4 is 23.0 Å². The van der Waals surface area contributed by atoms with Crippen LogP contribution in [-0.4, -0.2) is 79.8 Å². The number of hydrogen-bond donors (Lipinski definition) is 1. The second-order valence-corrected chi connectivity index (χ2v) is 10.2. The molecule has 1 N–H and O–H groups in total. The first-order chi connectivity index (χ1) is 18.2. The number of benzene rings is 1. The Balaban J connectivity index is 1.33. The van der Waals surface area contributed by atoms with E-state index < -0.39 is 17.7 Å². The fraction of sp³-hybridized carbons (Fsp3) is 0.481. The molecule has 11 heteroatoms. The van der Waals surface area contributed by atoms with Crippen molar-refractivity contribution in [2.45, 2.75) is 57.8 Å². The minimum Gasteiger partial charge on any atom is -0.447 e. The maximum Gasteiger partial charge on any atom is 0.410 e. The number of aliphatic hydroxyl groups is 1. The van der Waals surface area contributed by atoms with Gasteiger partial charge in [-0.3, -0.25) is 4.79 Å². The quantitative estimate of drug-likeness (QED) is 0.543. The molecule has 1 atom stereocenters. The molecule has 0 aliphatic carbocycles. The first kappa shape index (κ1) is 26.0. The third-order valence-electron chi connectivity index (χ3n) is 7.20. The van der Waals surface area contributed by atoms with E-state index in [2.05, 4.69) is 9.97 Å². The van der Waals surface area contributed by atoms with Crippen molar-refractivity contribution in [3.8, 4) is 0 Å². The van der Waals surface area contributed by atoms with E-state index in [1.807, 2.05) is 0 Å². The van der Waals surface area contributed by atoms with Crippen LogP contribution in [0.25, 0.3) is 11.0 Å². The molecule has 2 fully saturated rings.